The number of hydrogen-bond donors (Lipinski definition) is 3. The molecule has 1 saturated heterocycles. The van der Waals surface area contributed by atoms with Crippen molar-refractivity contribution >= 4 is 11.6 Å². The van der Waals surface area contributed by atoms with Crippen LogP contribution in [0.3, 0.4) is 0 Å². The maximum Gasteiger partial charge on any atom is 0.276 e. The number of carbonyl (C=O) groups excluding carboxylic acids is 1. The third-order valence-corrected chi connectivity index (χ3v) is 5.32. The lowest BCUT2D eigenvalue weighted by molar-refractivity contribution is 0.102. The van der Waals surface area contributed by atoms with Gasteiger partial charge in [0.1, 0.15) is 12.4 Å². The molecular formula is C20H27N5O2. The second-order valence-corrected chi connectivity index (χ2v) is 7.29. The summed E-state index contributed by atoms with van der Waals surface area (Å²) >= 11 is 0. The second-order valence-electron chi connectivity index (χ2n) is 7.29. The Balaban J connectivity index is 1.36. The molecule has 4 rings (SSSR count). The first-order valence-electron chi connectivity index (χ1n) is 9.75. The standard InChI is InChI=1S/C20H27N5O2/c1-14-12-15(4-5-18(14)27-11-10-25-8-2-3-9-25)22-20(26)19-16-13-21-7-6-17(16)23-24-19/h4-5,12,21H,2-3,6-11,13H2,1H3,(H,22,26)(H,23,24). The number of aryl methyl sites for hydroxylation is 1. The highest BCUT2D eigenvalue weighted by Crippen LogP contribution is 2.23. The van der Waals surface area contributed by atoms with E-state index in [1.165, 1.54) is 25.9 Å². The molecule has 2 aliphatic heterocycles. The van der Waals surface area contributed by atoms with Gasteiger partial charge in [-0.05, 0) is 56.6 Å². The number of ether oxygens (including phenoxy) is 1. The normalized spacial score (nSPS) is 16.9. The number of benzene rings is 1. The highest BCUT2D eigenvalue weighted by molar-refractivity contribution is 6.04. The van der Waals surface area contributed by atoms with Gasteiger partial charge in [-0.15, -0.1) is 0 Å². The molecule has 0 atom stereocenters. The van der Waals surface area contributed by atoms with Gasteiger partial charge in [-0.1, -0.05) is 0 Å². The van der Waals surface area contributed by atoms with Gasteiger partial charge in [0.2, 0.25) is 0 Å². The molecule has 1 amide bonds. The minimum Gasteiger partial charge on any atom is -0.492 e. The zero-order valence-corrected chi connectivity index (χ0v) is 15.8. The lowest BCUT2D eigenvalue weighted by Gasteiger charge is -2.16. The van der Waals surface area contributed by atoms with Gasteiger partial charge in [0.15, 0.2) is 5.69 Å². The van der Waals surface area contributed by atoms with E-state index in [9.17, 15) is 4.79 Å². The zero-order chi connectivity index (χ0) is 18.6. The Morgan fingerprint density at radius 1 is 1.33 bits per heavy atom. The average Bonchev–Trinajstić information content (AvgIpc) is 3.33. The molecule has 0 aliphatic carbocycles. The second kappa shape index (κ2) is 8.10. The van der Waals surface area contributed by atoms with Gasteiger partial charge in [0.05, 0.1) is 0 Å². The number of fused-ring (bicyclic) bond motifs is 1. The molecule has 0 radical (unpaired) electrons. The zero-order valence-electron chi connectivity index (χ0n) is 15.8. The van der Waals surface area contributed by atoms with Crippen LogP contribution in [-0.2, 0) is 13.0 Å². The van der Waals surface area contributed by atoms with Crippen molar-refractivity contribution in [3.05, 3.63) is 40.7 Å². The third-order valence-electron chi connectivity index (χ3n) is 5.32. The third kappa shape index (κ3) is 4.14. The Morgan fingerprint density at radius 2 is 2.19 bits per heavy atom. The number of aromatic nitrogens is 2. The van der Waals surface area contributed by atoms with Crippen LogP contribution in [0.2, 0.25) is 0 Å². The van der Waals surface area contributed by atoms with Crippen molar-refractivity contribution in [2.24, 2.45) is 0 Å². The van der Waals surface area contributed by atoms with Crippen molar-refractivity contribution in [1.29, 1.82) is 0 Å². The molecule has 0 saturated carbocycles. The summed E-state index contributed by atoms with van der Waals surface area (Å²) < 4.78 is 5.93. The number of carbonyl (C=O) groups is 1. The van der Waals surface area contributed by atoms with Gasteiger partial charge in [0.25, 0.3) is 5.91 Å². The van der Waals surface area contributed by atoms with Crippen molar-refractivity contribution in [2.75, 3.05) is 38.1 Å². The van der Waals surface area contributed by atoms with E-state index in [2.05, 4.69) is 25.7 Å². The topological polar surface area (TPSA) is 82.3 Å². The summed E-state index contributed by atoms with van der Waals surface area (Å²) in [6.07, 6.45) is 3.46. The van der Waals surface area contributed by atoms with Gasteiger partial charge in [-0.2, -0.15) is 5.10 Å². The number of nitrogens with zero attached hydrogens (tertiary/aromatic N) is 2. The van der Waals surface area contributed by atoms with E-state index in [0.717, 1.165) is 47.8 Å². The smallest absolute Gasteiger partial charge is 0.276 e. The number of nitrogens with one attached hydrogen (secondary N) is 3. The van der Waals surface area contributed by atoms with E-state index in [0.29, 0.717) is 18.8 Å². The van der Waals surface area contributed by atoms with Gasteiger partial charge >= 0.3 is 0 Å². The van der Waals surface area contributed by atoms with Gasteiger partial charge < -0.3 is 15.4 Å². The summed E-state index contributed by atoms with van der Waals surface area (Å²) in [6, 6.07) is 5.75. The van der Waals surface area contributed by atoms with Crippen LogP contribution in [0.1, 0.15) is 40.2 Å². The van der Waals surface area contributed by atoms with E-state index < -0.39 is 0 Å². The first kappa shape index (κ1) is 18.0. The van der Waals surface area contributed by atoms with E-state index in [1.54, 1.807) is 0 Å². The maximum absolute atomic E-state index is 12.6. The fourth-order valence-corrected chi connectivity index (χ4v) is 3.78. The monoisotopic (exact) mass is 369 g/mol. The van der Waals surface area contributed by atoms with Crippen LogP contribution >= 0.6 is 0 Å². The first-order valence-corrected chi connectivity index (χ1v) is 9.75. The number of rotatable bonds is 6. The largest absolute Gasteiger partial charge is 0.492 e. The van der Waals surface area contributed by atoms with E-state index in [-0.39, 0.29) is 5.91 Å². The molecule has 0 spiro atoms. The Morgan fingerprint density at radius 3 is 3.00 bits per heavy atom. The van der Waals surface area contributed by atoms with Crippen LogP contribution < -0.4 is 15.4 Å². The van der Waals surface area contributed by atoms with Crippen LogP contribution in [-0.4, -0.2) is 53.8 Å². The van der Waals surface area contributed by atoms with Crippen LogP contribution in [0.15, 0.2) is 18.2 Å². The number of amides is 1. The summed E-state index contributed by atoms with van der Waals surface area (Å²) in [5.74, 6) is 0.687. The van der Waals surface area contributed by atoms with Crippen LogP contribution in [0.5, 0.6) is 5.75 Å². The fraction of sp³-hybridized carbons (Fsp3) is 0.500. The Hall–Kier alpha value is -2.38. The highest BCUT2D eigenvalue weighted by Gasteiger charge is 2.21. The molecule has 1 fully saturated rings. The predicted molar refractivity (Wildman–Crippen MR) is 104 cm³/mol. The summed E-state index contributed by atoms with van der Waals surface area (Å²) in [6.45, 7) is 7.61. The Labute approximate surface area is 159 Å². The minimum absolute atomic E-state index is 0.182. The number of hydrogen-bond acceptors (Lipinski definition) is 5. The summed E-state index contributed by atoms with van der Waals surface area (Å²) in [7, 11) is 0. The highest BCUT2D eigenvalue weighted by atomic mass is 16.5. The number of likely N-dealkylation sites (tertiary alicyclic amines) is 1. The molecule has 1 aromatic carbocycles. The molecule has 2 aliphatic rings. The minimum atomic E-state index is -0.182. The molecule has 3 heterocycles. The van der Waals surface area contributed by atoms with Crippen molar-refractivity contribution in [3.63, 3.8) is 0 Å². The summed E-state index contributed by atoms with van der Waals surface area (Å²) in [5, 5.41) is 13.4. The van der Waals surface area contributed by atoms with Crippen LogP contribution in [0, 0.1) is 6.92 Å². The molecule has 27 heavy (non-hydrogen) atoms. The predicted octanol–water partition coefficient (Wildman–Crippen LogP) is 2.09. The maximum atomic E-state index is 12.6. The quantitative estimate of drug-likeness (QED) is 0.726. The molecule has 7 nitrogen and oxygen atoms in total. The van der Waals surface area contributed by atoms with Crippen LogP contribution in [0.25, 0.3) is 0 Å². The molecule has 2 aromatic rings. The number of anilines is 1. The van der Waals surface area contributed by atoms with Gasteiger partial charge in [-0.25, -0.2) is 0 Å². The molecular weight excluding hydrogens is 342 g/mol. The summed E-state index contributed by atoms with van der Waals surface area (Å²) in [4.78, 5) is 15.0. The molecule has 3 N–H and O–H groups in total. The molecule has 0 unspecified atom stereocenters. The van der Waals surface area contributed by atoms with E-state index in [4.69, 9.17) is 4.74 Å². The van der Waals surface area contributed by atoms with E-state index >= 15 is 0 Å². The lowest BCUT2D eigenvalue weighted by atomic mass is 10.1. The van der Waals surface area contributed by atoms with Gasteiger partial charge in [-0.3, -0.25) is 14.8 Å². The number of aromatic amines is 1. The Bertz CT molecular complexity index is 811. The SMILES string of the molecule is Cc1cc(NC(=O)c2n[nH]c3c2CNCC3)ccc1OCCN1CCCC1. The summed E-state index contributed by atoms with van der Waals surface area (Å²) in [5.41, 5.74) is 4.26. The fourth-order valence-electron chi connectivity index (χ4n) is 3.78. The van der Waals surface area contributed by atoms with Crippen LogP contribution in [0.4, 0.5) is 5.69 Å². The van der Waals surface area contributed by atoms with Crippen molar-refractivity contribution < 1.29 is 9.53 Å². The first-order chi connectivity index (χ1) is 13.2. The Kier molecular flexibility index (Phi) is 5.40. The number of H-pyrrole nitrogens is 1. The van der Waals surface area contributed by atoms with Crippen molar-refractivity contribution in [2.45, 2.75) is 32.7 Å². The molecule has 1 aromatic heterocycles. The van der Waals surface area contributed by atoms with Crippen molar-refractivity contribution in [3.8, 4) is 5.75 Å². The van der Waals surface area contributed by atoms with Gasteiger partial charge in [0, 0.05) is 43.0 Å². The molecule has 0 bridgehead atoms. The molecule has 144 valence electrons. The van der Waals surface area contributed by atoms with E-state index in [1.807, 2.05) is 25.1 Å². The average molecular weight is 369 g/mol. The lowest BCUT2D eigenvalue weighted by Crippen LogP contribution is -2.25. The molecule has 7 heteroatoms. The van der Waals surface area contributed by atoms with Crippen molar-refractivity contribution in [1.82, 2.24) is 20.4 Å².